The van der Waals surface area contributed by atoms with Crippen LogP contribution in [0.5, 0.6) is 11.5 Å². The van der Waals surface area contributed by atoms with E-state index in [9.17, 15) is 0 Å². The third-order valence-electron chi connectivity index (χ3n) is 6.38. The summed E-state index contributed by atoms with van der Waals surface area (Å²) in [5.41, 5.74) is 1.76. The molecule has 0 fully saturated rings. The number of aromatic nitrogens is 4. The molecule has 40 heavy (non-hydrogen) atoms. The second kappa shape index (κ2) is 15.2. The van der Waals surface area contributed by atoms with Crippen LogP contribution < -0.4 is 20.1 Å². The van der Waals surface area contributed by atoms with Gasteiger partial charge in [0.05, 0.1) is 25.6 Å². The van der Waals surface area contributed by atoms with Crippen molar-refractivity contribution >= 4 is 35.8 Å². The molecule has 0 aliphatic carbocycles. The molecule has 0 aliphatic rings. The molecule has 2 heterocycles. The molecule has 0 atom stereocenters. The fraction of sp³-hybridized carbons (Fsp3) is 0.429. The molecule has 2 aromatic carbocycles. The van der Waals surface area contributed by atoms with Crippen LogP contribution in [0.15, 0.2) is 57.4 Å². The number of anilines is 2. The summed E-state index contributed by atoms with van der Waals surface area (Å²) in [6.45, 7) is 0.830. The van der Waals surface area contributed by atoms with Crippen molar-refractivity contribution in [2.24, 2.45) is 0 Å². The van der Waals surface area contributed by atoms with Crippen molar-refractivity contribution in [2.75, 3.05) is 24.9 Å². The highest BCUT2D eigenvalue weighted by Gasteiger charge is 2.09. The van der Waals surface area contributed by atoms with Gasteiger partial charge in [0.1, 0.15) is 24.8 Å². The van der Waals surface area contributed by atoms with Crippen molar-refractivity contribution in [3.05, 3.63) is 70.0 Å². The van der Waals surface area contributed by atoms with Crippen LogP contribution in [-0.4, -0.2) is 33.8 Å². The van der Waals surface area contributed by atoms with Gasteiger partial charge in [-0.1, -0.05) is 49.9 Å². The normalized spacial score (nSPS) is 10.9. The fourth-order valence-electron chi connectivity index (χ4n) is 4.26. The Bertz CT molecular complexity index is 1350. The van der Waals surface area contributed by atoms with E-state index < -0.39 is 0 Å². The summed E-state index contributed by atoms with van der Waals surface area (Å²) >= 11 is 10.7. The van der Waals surface area contributed by atoms with Crippen LogP contribution in [0.3, 0.4) is 0 Å². The second-order valence-electron chi connectivity index (χ2n) is 9.21. The average Bonchev–Trinajstić information content (AvgIpc) is 3.52. The lowest BCUT2D eigenvalue weighted by molar-refractivity contribution is 0.415. The molecule has 0 bridgehead atoms. The number of methoxy groups -OCH3 is 2. The molecule has 4 aromatic rings. The summed E-state index contributed by atoms with van der Waals surface area (Å²) in [5.74, 6) is 2.88. The third-order valence-corrected chi connectivity index (χ3v) is 6.97. The van der Waals surface area contributed by atoms with Crippen molar-refractivity contribution < 1.29 is 18.3 Å². The minimum Gasteiger partial charge on any atom is -0.495 e. The van der Waals surface area contributed by atoms with E-state index in [1.807, 2.05) is 48.5 Å². The number of ether oxygens (including phenoxy) is 2. The van der Waals surface area contributed by atoms with E-state index in [2.05, 4.69) is 20.8 Å². The molecule has 0 amide bonds. The second-order valence-corrected chi connectivity index (χ2v) is 9.91. The van der Waals surface area contributed by atoms with Crippen LogP contribution >= 0.6 is 24.4 Å². The van der Waals surface area contributed by atoms with Crippen LogP contribution in [0.4, 0.5) is 11.4 Å². The fourth-order valence-corrected chi connectivity index (χ4v) is 4.66. The molecule has 0 unspecified atom stereocenters. The highest BCUT2D eigenvalue weighted by molar-refractivity contribution is 7.71. The molecule has 2 N–H and O–H groups in total. The highest BCUT2D eigenvalue weighted by Crippen LogP contribution is 2.24. The zero-order chi connectivity index (χ0) is 28.2. The molecule has 2 aromatic heterocycles. The number of rotatable bonds is 17. The van der Waals surface area contributed by atoms with Crippen LogP contribution in [0.1, 0.15) is 50.3 Å². The minimum absolute atomic E-state index is 0.364. The Labute approximate surface area is 244 Å². The maximum absolute atomic E-state index is 5.68. The van der Waals surface area contributed by atoms with Gasteiger partial charge in [-0.25, -0.2) is 9.36 Å². The van der Waals surface area contributed by atoms with Crippen molar-refractivity contribution in [2.45, 2.75) is 64.7 Å². The molecular formula is C28H36N6O4S2. The SMILES string of the molecule is COc1ccccc1NCn1nc(CCCCCCCCc2nn(CNc3ccccc3OC)c(=S)o2)oc1=S. The van der Waals surface area contributed by atoms with Gasteiger partial charge >= 0.3 is 0 Å². The zero-order valence-electron chi connectivity index (χ0n) is 22.9. The minimum atomic E-state index is 0.364. The van der Waals surface area contributed by atoms with Gasteiger partial charge in [-0.05, 0) is 61.5 Å². The molecule has 0 radical (unpaired) electrons. The molecule has 4 rings (SSSR count). The Morgan fingerprint density at radius 2 is 1.05 bits per heavy atom. The largest absolute Gasteiger partial charge is 0.495 e. The summed E-state index contributed by atoms with van der Waals surface area (Å²) in [6, 6.07) is 15.4. The molecule has 10 nitrogen and oxygen atoms in total. The first-order chi connectivity index (χ1) is 19.6. The Kier molecular flexibility index (Phi) is 11.2. The van der Waals surface area contributed by atoms with Gasteiger partial charge < -0.3 is 28.9 Å². The van der Waals surface area contributed by atoms with Crippen LogP contribution in [-0.2, 0) is 26.2 Å². The van der Waals surface area contributed by atoms with Crippen molar-refractivity contribution in [3.8, 4) is 11.5 Å². The zero-order valence-corrected chi connectivity index (χ0v) is 24.6. The maximum Gasteiger partial charge on any atom is 0.288 e. The predicted molar refractivity (Wildman–Crippen MR) is 159 cm³/mol. The maximum atomic E-state index is 5.68. The van der Waals surface area contributed by atoms with Crippen LogP contribution in [0, 0.1) is 9.67 Å². The topological polar surface area (TPSA) is 104 Å². The van der Waals surface area contributed by atoms with Crippen molar-refractivity contribution in [1.29, 1.82) is 0 Å². The number of unbranched alkanes of at least 4 members (excludes halogenated alkanes) is 5. The Hall–Kier alpha value is -3.64. The number of benzene rings is 2. The lowest BCUT2D eigenvalue weighted by atomic mass is 10.1. The van der Waals surface area contributed by atoms with Gasteiger partial charge in [-0.2, -0.15) is 0 Å². The average molecular weight is 585 g/mol. The summed E-state index contributed by atoms with van der Waals surface area (Å²) in [4.78, 5) is 0.728. The highest BCUT2D eigenvalue weighted by atomic mass is 32.1. The molecule has 214 valence electrons. The molecular weight excluding hydrogens is 548 g/mol. The Morgan fingerprint density at radius 3 is 1.48 bits per heavy atom. The van der Waals surface area contributed by atoms with E-state index >= 15 is 0 Å². The van der Waals surface area contributed by atoms with E-state index in [1.54, 1.807) is 23.6 Å². The van der Waals surface area contributed by atoms with Gasteiger partial charge in [-0.3, -0.25) is 0 Å². The van der Waals surface area contributed by atoms with Gasteiger partial charge in [0, 0.05) is 12.8 Å². The number of nitrogens with zero attached hydrogens (tertiary/aromatic N) is 4. The first-order valence-electron chi connectivity index (χ1n) is 13.4. The van der Waals surface area contributed by atoms with Crippen LogP contribution in [0.25, 0.3) is 0 Å². The summed E-state index contributed by atoms with van der Waals surface area (Å²) in [5, 5.41) is 15.6. The molecule has 0 saturated carbocycles. The van der Waals surface area contributed by atoms with Crippen molar-refractivity contribution in [3.63, 3.8) is 0 Å². The van der Waals surface area contributed by atoms with Gasteiger partial charge in [0.15, 0.2) is 0 Å². The van der Waals surface area contributed by atoms with E-state index in [4.69, 9.17) is 42.7 Å². The molecule has 0 saturated heterocycles. The van der Waals surface area contributed by atoms with Crippen molar-refractivity contribution in [1.82, 2.24) is 19.6 Å². The van der Waals surface area contributed by atoms with E-state index in [0.717, 1.165) is 74.2 Å². The molecule has 12 heteroatoms. The van der Waals surface area contributed by atoms with E-state index in [1.165, 1.54) is 0 Å². The smallest absolute Gasteiger partial charge is 0.288 e. The standard InChI is InChI=1S/C28H36N6O4S2/c1-35-23-15-11-9-13-21(23)29-19-33-27(39)37-25(31-33)17-7-5-3-4-6-8-18-26-32-34(28(40)38-26)20-30-22-14-10-12-16-24(22)36-2/h9-16,29-30H,3-8,17-20H2,1-2H3. The van der Waals surface area contributed by atoms with E-state index in [0.29, 0.717) is 34.8 Å². The molecule has 0 spiro atoms. The van der Waals surface area contributed by atoms with Gasteiger partial charge in [0.25, 0.3) is 9.67 Å². The quantitative estimate of drug-likeness (QED) is 0.0995. The number of nitrogens with one attached hydrogen (secondary N) is 2. The van der Waals surface area contributed by atoms with Gasteiger partial charge in [-0.15, -0.1) is 10.2 Å². The summed E-state index contributed by atoms with van der Waals surface area (Å²) in [7, 11) is 3.29. The first kappa shape index (κ1) is 29.3. The Morgan fingerprint density at radius 1 is 0.650 bits per heavy atom. The van der Waals surface area contributed by atoms with Gasteiger partial charge in [0.2, 0.25) is 11.8 Å². The molecule has 0 aliphatic heterocycles. The lowest BCUT2D eigenvalue weighted by Crippen LogP contribution is -2.10. The Balaban J connectivity index is 1.09. The number of hydrogen-bond acceptors (Lipinski definition) is 10. The first-order valence-corrected chi connectivity index (χ1v) is 14.3. The number of aryl methyl sites for hydroxylation is 2. The van der Waals surface area contributed by atoms with E-state index in [-0.39, 0.29) is 0 Å². The summed E-state index contributed by atoms with van der Waals surface area (Å²) < 4.78 is 25.4. The monoisotopic (exact) mass is 584 g/mol. The van der Waals surface area contributed by atoms with Crippen LogP contribution in [0.2, 0.25) is 0 Å². The number of hydrogen-bond donors (Lipinski definition) is 2. The number of para-hydroxylation sites is 4. The predicted octanol–water partition coefficient (Wildman–Crippen LogP) is 7.01. The third kappa shape index (κ3) is 8.43. The lowest BCUT2D eigenvalue weighted by Gasteiger charge is -2.10. The summed E-state index contributed by atoms with van der Waals surface area (Å²) in [6.07, 6.45) is 8.07.